The minimum absolute atomic E-state index is 0.0940. The Hall–Kier alpha value is -0.220. The molecule has 1 aliphatic rings. The number of alkyl halides is 2. The summed E-state index contributed by atoms with van der Waals surface area (Å²) in [7, 11) is 0. The van der Waals surface area contributed by atoms with Gasteiger partial charge in [0, 0.05) is 12.6 Å². The first-order valence-electron chi connectivity index (χ1n) is 4.35. The molecule has 2 unspecified atom stereocenters. The predicted octanol–water partition coefficient (Wildman–Crippen LogP) is 0.921. The Balaban J connectivity index is 2.26. The van der Waals surface area contributed by atoms with Gasteiger partial charge in [0.25, 0.3) is 6.43 Å². The smallest absolute Gasteiger partial charge is 0.251 e. The second-order valence-corrected chi connectivity index (χ2v) is 3.56. The summed E-state index contributed by atoms with van der Waals surface area (Å²) in [5.41, 5.74) is 5.68. The molecule has 2 atom stereocenters. The summed E-state index contributed by atoms with van der Waals surface area (Å²) in [6.45, 7) is 3.36. The van der Waals surface area contributed by atoms with Gasteiger partial charge in [0.2, 0.25) is 0 Å². The second-order valence-electron chi connectivity index (χ2n) is 3.56. The largest absolute Gasteiger partial charge is 0.328 e. The number of nitrogens with zero attached hydrogens (tertiary/aromatic N) is 1. The van der Waals surface area contributed by atoms with Crippen LogP contribution in [0.2, 0.25) is 0 Å². The first-order valence-corrected chi connectivity index (χ1v) is 4.35. The molecule has 0 amide bonds. The lowest BCUT2D eigenvalue weighted by Crippen LogP contribution is -2.31. The fraction of sp³-hybridized carbons (Fsp3) is 1.00. The average molecular weight is 178 g/mol. The third-order valence-corrected chi connectivity index (χ3v) is 2.45. The van der Waals surface area contributed by atoms with Crippen LogP contribution >= 0.6 is 0 Å². The van der Waals surface area contributed by atoms with Crippen molar-refractivity contribution in [1.29, 1.82) is 0 Å². The lowest BCUT2D eigenvalue weighted by molar-refractivity contribution is 0.0974. The number of hydrogen-bond acceptors (Lipinski definition) is 2. The highest BCUT2D eigenvalue weighted by Gasteiger charge is 2.26. The molecule has 0 spiro atoms. The summed E-state index contributed by atoms with van der Waals surface area (Å²) >= 11 is 0. The minimum atomic E-state index is -2.21. The fourth-order valence-corrected chi connectivity index (χ4v) is 1.65. The van der Waals surface area contributed by atoms with Crippen molar-refractivity contribution in [3.8, 4) is 0 Å². The van der Waals surface area contributed by atoms with Crippen molar-refractivity contribution >= 4 is 0 Å². The molecule has 72 valence electrons. The number of hydrogen-bond donors (Lipinski definition) is 1. The summed E-state index contributed by atoms with van der Waals surface area (Å²) in [6, 6.07) is 0.132. The summed E-state index contributed by atoms with van der Waals surface area (Å²) < 4.78 is 23.9. The van der Waals surface area contributed by atoms with E-state index in [-0.39, 0.29) is 12.6 Å². The highest BCUT2D eigenvalue weighted by molar-refractivity contribution is 4.80. The third kappa shape index (κ3) is 2.68. The molecule has 1 heterocycles. The van der Waals surface area contributed by atoms with Crippen LogP contribution in [0.1, 0.15) is 13.3 Å². The van der Waals surface area contributed by atoms with E-state index in [1.165, 1.54) is 0 Å². The van der Waals surface area contributed by atoms with E-state index in [1.54, 1.807) is 4.90 Å². The van der Waals surface area contributed by atoms with Crippen LogP contribution in [0.3, 0.4) is 0 Å². The lowest BCUT2D eigenvalue weighted by Gasteiger charge is -2.16. The summed E-state index contributed by atoms with van der Waals surface area (Å²) in [5.74, 6) is 0.406. The molecule has 2 nitrogen and oxygen atoms in total. The molecular formula is C8H16F2N2. The van der Waals surface area contributed by atoms with Crippen LogP contribution in [0.5, 0.6) is 0 Å². The van der Waals surface area contributed by atoms with E-state index >= 15 is 0 Å². The van der Waals surface area contributed by atoms with Crippen LogP contribution in [0.15, 0.2) is 0 Å². The molecule has 2 N–H and O–H groups in total. The molecule has 1 rings (SSSR count). The van der Waals surface area contributed by atoms with E-state index in [0.717, 1.165) is 19.5 Å². The van der Waals surface area contributed by atoms with E-state index < -0.39 is 6.43 Å². The van der Waals surface area contributed by atoms with Gasteiger partial charge in [-0.15, -0.1) is 0 Å². The number of rotatable bonds is 3. The topological polar surface area (TPSA) is 29.3 Å². The van der Waals surface area contributed by atoms with Gasteiger partial charge in [-0.3, -0.25) is 4.90 Å². The van der Waals surface area contributed by atoms with Crippen LogP contribution < -0.4 is 5.73 Å². The van der Waals surface area contributed by atoms with Gasteiger partial charge in [-0.25, -0.2) is 8.78 Å². The van der Waals surface area contributed by atoms with Gasteiger partial charge in [0.1, 0.15) is 0 Å². The van der Waals surface area contributed by atoms with Gasteiger partial charge in [-0.05, 0) is 25.8 Å². The summed E-state index contributed by atoms with van der Waals surface area (Å²) in [6.07, 6.45) is -1.25. The number of halogens is 2. The summed E-state index contributed by atoms with van der Waals surface area (Å²) in [5, 5.41) is 0. The first kappa shape index (κ1) is 9.86. The second kappa shape index (κ2) is 4.14. The molecular weight excluding hydrogens is 162 g/mol. The number of nitrogens with two attached hydrogens (primary N) is 1. The highest BCUT2D eigenvalue weighted by atomic mass is 19.3. The normalized spacial score (nSPS) is 28.2. The van der Waals surface area contributed by atoms with Gasteiger partial charge in [0.05, 0.1) is 6.54 Å². The predicted molar refractivity (Wildman–Crippen MR) is 44.2 cm³/mol. The van der Waals surface area contributed by atoms with E-state index in [1.807, 2.05) is 6.92 Å². The van der Waals surface area contributed by atoms with Crippen molar-refractivity contribution in [2.24, 2.45) is 11.7 Å². The molecule has 0 aliphatic carbocycles. The Bertz CT molecular complexity index is 139. The van der Waals surface area contributed by atoms with Gasteiger partial charge in [-0.1, -0.05) is 0 Å². The first-order chi connectivity index (χ1) is 5.59. The number of likely N-dealkylation sites (tertiary alicyclic amines) is 1. The van der Waals surface area contributed by atoms with Crippen molar-refractivity contribution in [1.82, 2.24) is 4.90 Å². The van der Waals surface area contributed by atoms with Crippen molar-refractivity contribution in [2.45, 2.75) is 25.8 Å². The highest BCUT2D eigenvalue weighted by Crippen LogP contribution is 2.18. The van der Waals surface area contributed by atoms with Crippen molar-refractivity contribution in [3.05, 3.63) is 0 Å². The molecule has 0 saturated carbocycles. The molecule has 4 heteroatoms. The van der Waals surface area contributed by atoms with Crippen LogP contribution in [0.25, 0.3) is 0 Å². The Labute approximate surface area is 71.7 Å². The molecule has 0 aromatic rings. The van der Waals surface area contributed by atoms with Gasteiger partial charge in [-0.2, -0.15) is 0 Å². The average Bonchev–Trinajstić information content (AvgIpc) is 2.34. The van der Waals surface area contributed by atoms with Crippen LogP contribution in [-0.4, -0.2) is 37.0 Å². The Morgan fingerprint density at radius 1 is 1.58 bits per heavy atom. The molecule has 1 fully saturated rings. The zero-order chi connectivity index (χ0) is 9.14. The third-order valence-electron chi connectivity index (χ3n) is 2.45. The SMILES string of the molecule is CC(N)C1CCN(CC(F)F)C1. The Morgan fingerprint density at radius 2 is 2.25 bits per heavy atom. The molecule has 0 aromatic carbocycles. The lowest BCUT2D eigenvalue weighted by atomic mass is 10.0. The molecule has 0 aromatic heterocycles. The fourth-order valence-electron chi connectivity index (χ4n) is 1.65. The van der Waals surface area contributed by atoms with Crippen molar-refractivity contribution in [3.63, 3.8) is 0 Å². The van der Waals surface area contributed by atoms with Crippen LogP contribution in [0.4, 0.5) is 8.78 Å². The zero-order valence-corrected chi connectivity index (χ0v) is 7.34. The van der Waals surface area contributed by atoms with E-state index in [2.05, 4.69) is 0 Å². The van der Waals surface area contributed by atoms with Crippen molar-refractivity contribution in [2.75, 3.05) is 19.6 Å². The van der Waals surface area contributed by atoms with Gasteiger partial charge >= 0.3 is 0 Å². The molecule has 1 saturated heterocycles. The molecule has 0 bridgehead atoms. The van der Waals surface area contributed by atoms with E-state index in [0.29, 0.717) is 5.92 Å². The molecule has 0 radical (unpaired) electrons. The Morgan fingerprint density at radius 3 is 2.67 bits per heavy atom. The van der Waals surface area contributed by atoms with E-state index in [9.17, 15) is 8.78 Å². The summed E-state index contributed by atoms with van der Waals surface area (Å²) in [4.78, 5) is 1.79. The van der Waals surface area contributed by atoms with Crippen molar-refractivity contribution < 1.29 is 8.78 Å². The van der Waals surface area contributed by atoms with Crippen LogP contribution in [0, 0.1) is 5.92 Å². The maximum atomic E-state index is 11.9. The maximum absolute atomic E-state index is 11.9. The monoisotopic (exact) mass is 178 g/mol. The molecule has 12 heavy (non-hydrogen) atoms. The molecule has 1 aliphatic heterocycles. The standard InChI is InChI=1S/C8H16F2N2/c1-6(11)7-2-3-12(4-7)5-8(9)10/h6-8H,2-5,11H2,1H3. The van der Waals surface area contributed by atoms with Gasteiger partial charge in [0.15, 0.2) is 0 Å². The van der Waals surface area contributed by atoms with Crippen LogP contribution in [-0.2, 0) is 0 Å². The maximum Gasteiger partial charge on any atom is 0.251 e. The van der Waals surface area contributed by atoms with E-state index in [4.69, 9.17) is 5.73 Å². The minimum Gasteiger partial charge on any atom is -0.328 e. The Kier molecular flexibility index (Phi) is 3.40. The van der Waals surface area contributed by atoms with Gasteiger partial charge < -0.3 is 5.73 Å². The zero-order valence-electron chi connectivity index (χ0n) is 7.34. The quantitative estimate of drug-likeness (QED) is 0.696.